The highest BCUT2D eigenvalue weighted by Crippen LogP contribution is 2.29. The molecule has 4 nitrogen and oxygen atoms in total. The SMILES string of the molecule is Cc1cc2c(c(CC3CO3)c1C)C(=O)NC2=O. The molecule has 1 fully saturated rings. The number of rotatable bonds is 2. The van der Waals surface area contributed by atoms with Crippen LogP contribution in [0.2, 0.25) is 0 Å². The summed E-state index contributed by atoms with van der Waals surface area (Å²) < 4.78 is 5.21. The van der Waals surface area contributed by atoms with Crippen molar-refractivity contribution in [3.05, 3.63) is 33.9 Å². The molecule has 0 spiro atoms. The predicted molar refractivity (Wildman–Crippen MR) is 61.2 cm³/mol. The molecule has 88 valence electrons. The molecule has 1 aromatic rings. The molecule has 0 bridgehead atoms. The Labute approximate surface area is 99.0 Å². The van der Waals surface area contributed by atoms with E-state index in [0.29, 0.717) is 11.1 Å². The second kappa shape index (κ2) is 3.40. The molecule has 0 saturated carbocycles. The fourth-order valence-corrected chi connectivity index (χ4v) is 2.33. The van der Waals surface area contributed by atoms with Crippen LogP contribution in [0.1, 0.15) is 37.4 Å². The van der Waals surface area contributed by atoms with Gasteiger partial charge in [0.25, 0.3) is 11.8 Å². The predicted octanol–water partition coefficient (Wildman–Crippen LogP) is 1.13. The van der Waals surface area contributed by atoms with E-state index in [1.807, 2.05) is 13.8 Å². The fraction of sp³-hybridized carbons (Fsp3) is 0.385. The highest BCUT2D eigenvalue weighted by atomic mass is 16.6. The number of hydrogen-bond donors (Lipinski definition) is 1. The van der Waals surface area contributed by atoms with Gasteiger partial charge >= 0.3 is 0 Å². The molecule has 1 unspecified atom stereocenters. The lowest BCUT2D eigenvalue weighted by atomic mass is 9.91. The molecule has 3 rings (SSSR count). The molecule has 1 aromatic carbocycles. The number of nitrogens with one attached hydrogen (secondary N) is 1. The van der Waals surface area contributed by atoms with E-state index in [1.165, 1.54) is 0 Å². The van der Waals surface area contributed by atoms with E-state index in [-0.39, 0.29) is 17.9 Å². The molecule has 2 aliphatic heterocycles. The third-order valence-electron chi connectivity index (χ3n) is 3.51. The van der Waals surface area contributed by atoms with E-state index >= 15 is 0 Å². The summed E-state index contributed by atoms with van der Waals surface area (Å²) in [4.78, 5) is 23.4. The van der Waals surface area contributed by atoms with E-state index in [4.69, 9.17) is 4.74 Å². The normalized spacial score (nSPS) is 21.4. The molecule has 2 amide bonds. The molecule has 1 N–H and O–H groups in total. The van der Waals surface area contributed by atoms with Gasteiger partial charge in [-0.05, 0) is 36.6 Å². The first-order valence-corrected chi connectivity index (χ1v) is 5.68. The van der Waals surface area contributed by atoms with Gasteiger partial charge in [-0.25, -0.2) is 0 Å². The molecule has 1 atom stereocenters. The van der Waals surface area contributed by atoms with Gasteiger partial charge in [-0.15, -0.1) is 0 Å². The molecular formula is C13H13NO3. The molecular weight excluding hydrogens is 218 g/mol. The first-order chi connectivity index (χ1) is 8.08. The number of ether oxygens (including phenoxy) is 1. The highest BCUT2D eigenvalue weighted by molar-refractivity contribution is 6.22. The molecule has 0 aromatic heterocycles. The molecule has 0 radical (unpaired) electrons. The second-order valence-corrected chi connectivity index (χ2v) is 4.66. The minimum atomic E-state index is -0.286. The molecule has 4 heteroatoms. The Morgan fingerprint density at radius 1 is 1.35 bits per heavy atom. The summed E-state index contributed by atoms with van der Waals surface area (Å²) in [7, 11) is 0. The van der Waals surface area contributed by atoms with Gasteiger partial charge in [0.1, 0.15) is 0 Å². The minimum Gasteiger partial charge on any atom is -0.373 e. The number of epoxide rings is 1. The van der Waals surface area contributed by atoms with Crippen molar-refractivity contribution in [3.8, 4) is 0 Å². The maximum absolute atomic E-state index is 11.8. The van der Waals surface area contributed by atoms with Gasteiger partial charge in [0.15, 0.2) is 0 Å². The van der Waals surface area contributed by atoms with Crippen molar-refractivity contribution in [2.24, 2.45) is 0 Å². The largest absolute Gasteiger partial charge is 0.373 e. The van der Waals surface area contributed by atoms with E-state index in [2.05, 4.69) is 5.32 Å². The third kappa shape index (κ3) is 1.56. The van der Waals surface area contributed by atoms with E-state index in [1.54, 1.807) is 6.07 Å². The Bertz CT molecular complexity index is 544. The molecule has 17 heavy (non-hydrogen) atoms. The van der Waals surface area contributed by atoms with Crippen LogP contribution in [0.3, 0.4) is 0 Å². The van der Waals surface area contributed by atoms with Gasteiger partial charge in [0.05, 0.1) is 23.8 Å². The zero-order valence-corrected chi connectivity index (χ0v) is 9.79. The van der Waals surface area contributed by atoms with E-state index < -0.39 is 0 Å². The maximum atomic E-state index is 11.8. The Kier molecular flexibility index (Phi) is 2.10. The Morgan fingerprint density at radius 3 is 2.71 bits per heavy atom. The van der Waals surface area contributed by atoms with Crippen LogP contribution in [-0.4, -0.2) is 24.5 Å². The van der Waals surface area contributed by atoms with Crippen molar-refractivity contribution in [1.29, 1.82) is 0 Å². The number of imide groups is 1. The zero-order valence-electron chi connectivity index (χ0n) is 9.79. The zero-order chi connectivity index (χ0) is 12.2. The lowest BCUT2D eigenvalue weighted by Crippen LogP contribution is -2.20. The van der Waals surface area contributed by atoms with Gasteiger partial charge in [0.2, 0.25) is 0 Å². The monoisotopic (exact) mass is 231 g/mol. The van der Waals surface area contributed by atoms with Gasteiger partial charge in [-0.1, -0.05) is 0 Å². The molecule has 2 heterocycles. The average molecular weight is 231 g/mol. The number of aryl methyl sites for hydroxylation is 1. The Morgan fingerprint density at radius 2 is 2.06 bits per heavy atom. The van der Waals surface area contributed by atoms with Gasteiger partial charge < -0.3 is 4.74 Å². The molecule has 1 saturated heterocycles. The van der Waals surface area contributed by atoms with Crippen molar-refractivity contribution >= 4 is 11.8 Å². The van der Waals surface area contributed by atoms with Crippen LogP contribution in [-0.2, 0) is 11.2 Å². The van der Waals surface area contributed by atoms with Crippen molar-refractivity contribution in [2.45, 2.75) is 26.4 Å². The number of amides is 2. The standard InChI is InChI=1S/C13H13NO3/c1-6-3-10-11(13(16)14-12(10)15)9(7(6)2)4-8-5-17-8/h3,8H,4-5H2,1-2H3,(H,14,15,16). The smallest absolute Gasteiger partial charge is 0.259 e. The third-order valence-corrected chi connectivity index (χ3v) is 3.51. The summed E-state index contributed by atoms with van der Waals surface area (Å²) in [6.07, 6.45) is 0.930. The van der Waals surface area contributed by atoms with Crippen LogP contribution in [0.25, 0.3) is 0 Å². The Hall–Kier alpha value is -1.68. The summed E-state index contributed by atoms with van der Waals surface area (Å²) in [6, 6.07) is 1.79. The number of carbonyl (C=O) groups excluding carboxylic acids is 2. The number of hydrogen-bond acceptors (Lipinski definition) is 3. The lowest BCUT2D eigenvalue weighted by Gasteiger charge is -2.11. The van der Waals surface area contributed by atoms with E-state index in [9.17, 15) is 9.59 Å². The highest BCUT2D eigenvalue weighted by Gasteiger charge is 2.34. The fourth-order valence-electron chi connectivity index (χ4n) is 2.33. The number of fused-ring (bicyclic) bond motifs is 1. The van der Waals surface area contributed by atoms with Crippen LogP contribution < -0.4 is 5.32 Å². The van der Waals surface area contributed by atoms with Crippen molar-refractivity contribution < 1.29 is 14.3 Å². The average Bonchev–Trinajstić information content (AvgIpc) is 3.03. The van der Waals surface area contributed by atoms with Gasteiger partial charge in [-0.3, -0.25) is 14.9 Å². The first-order valence-electron chi connectivity index (χ1n) is 5.68. The van der Waals surface area contributed by atoms with E-state index in [0.717, 1.165) is 29.7 Å². The quantitative estimate of drug-likeness (QED) is 0.613. The molecule has 0 aliphatic carbocycles. The lowest BCUT2D eigenvalue weighted by molar-refractivity contribution is 0.0879. The number of carbonyl (C=O) groups is 2. The Balaban J connectivity index is 2.20. The van der Waals surface area contributed by atoms with Crippen LogP contribution in [0, 0.1) is 13.8 Å². The maximum Gasteiger partial charge on any atom is 0.259 e. The van der Waals surface area contributed by atoms with Crippen molar-refractivity contribution in [1.82, 2.24) is 5.32 Å². The van der Waals surface area contributed by atoms with Gasteiger partial charge in [-0.2, -0.15) is 0 Å². The summed E-state index contributed by atoms with van der Waals surface area (Å²) in [5.74, 6) is -0.560. The van der Waals surface area contributed by atoms with Crippen LogP contribution in [0.15, 0.2) is 6.07 Å². The van der Waals surface area contributed by atoms with Crippen molar-refractivity contribution in [2.75, 3.05) is 6.61 Å². The van der Waals surface area contributed by atoms with Gasteiger partial charge in [0, 0.05) is 6.42 Å². The first kappa shape index (κ1) is 10.5. The summed E-state index contributed by atoms with van der Waals surface area (Å²) in [5, 5.41) is 2.35. The molecule has 2 aliphatic rings. The number of benzene rings is 1. The summed E-state index contributed by atoms with van der Waals surface area (Å²) in [5.41, 5.74) is 4.15. The topological polar surface area (TPSA) is 58.7 Å². The summed E-state index contributed by atoms with van der Waals surface area (Å²) in [6.45, 7) is 4.70. The second-order valence-electron chi connectivity index (χ2n) is 4.66. The van der Waals surface area contributed by atoms with Crippen LogP contribution in [0.4, 0.5) is 0 Å². The van der Waals surface area contributed by atoms with Crippen molar-refractivity contribution in [3.63, 3.8) is 0 Å². The van der Waals surface area contributed by atoms with Crippen LogP contribution >= 0.6 is 0 Å². The van der Waals surface area contributed by atoms with Crippen LogP contribution in [0.5, 0.6) is 0 Å². The summed E-state index contributed by atoms with van der Waals surface area (Å²) >= 11 is 0. The minimum absolute atomic E-state index is 0.211.